The molecule has 1 amide bonds. The van der Waals surface area contributed by atoms with Gasteiger partial charge in [-0.15, -0.1) is 0 Å². The molecule has 1 atom stereocenters. The molecule has 2 fully saturated rings. The molecule has 2 rings (SSSR count). The number of carbonyl (C=O) groups excluding carboxylic acids is 1. The van der Waals surface area contributed by atoms with Gasteiger partial charge in [0.2, 0.25) is 0 Å². The molecular formula is C14H23NO6. The van der Waals surface area contributed by atoms with Gasteiger partial charge in [-0.3, -0.25) is 4.79 Å². The maximum Gasteiger partial charge on any atom is 0.410 e. The summed E-state index contributed by atoms with van der Waals surface area (Å²) in [5, 5.41) is 20.1. The van der Waals surface area contributed by atoms with Crippen molar-refractivity contribution < 1.29 is 29.3 Å². The van der Waals surface area contributed by atoms with Crippen molar-refractivity contribution in [2.75, 3.05) is 26.3 Å². The predicted octanol–water partition coefficient (Wildman–Crippen LogP) is 0.850. The fourth-order valence-electron chi connectivity index (χ4n) is 2.86. The predicted molar refractivity (Wildman–Crippen MR) is 72.9 cm³/mol. The normalized spacial score (nSPS) is 28.7. The topological polar surface area (TPSA) is 96.3 Å². The highest BCUT2D eigenvalue weighted by molar-refractivity contribution is 5.79. The first-order chi connectivity index (χ1) is 9.60. The number of ether oxygens (including phenoxy) is 2. The maximum atomic E-state index is 12.2. The number of aliphatic hydroxyl groups is 1. The summed E-state index contributed by atoms with van der Waals surface area (Å²) in [4.78, 5) is 25.3. The Labute approximate surface area is 123 Å². The molecule has 2 aliphatic heterocycles. The lowest BCUT2D eigenvalue weighted by Crippen LogP contribution is -2.69. The third-order valence-electron chi connectivity index (χ3n) is 4.13. The van der Waals surface area contributed by atoms with Crippen molar-refractivity contribution in [3.8, 4) is 0 Å². The average Bonchev–Trinajstić information content (AvgIpc) is 2.33. The molecule has 7 heteroatoms. The Morgan fingerprint density at radius 1 is 1.29 bits per heavy atom. The molecule has 2 N–H and O–H groups in total. The van der Waals surface area contributed by atoms with E-state index in [1.54, 1.807) is 20.8 Å². The Kier molecular flexibility index (Phi) is 3.92. The first kappa shape index (κ1) is 16.0. The number of rotatable bonds is 2. The van der Waals surface area contributed by atoms with E-state index in [1.165, 1.54) is 4.90 Å². The molecule has 0 bridgehead atoms. The van der Waals surface area contributed by atoms with Gasteiger partial charge in [0.05, 0.1) is 13.2 Å². The number of carboxylic acid groups (broad SMARTS) is 1. The second kappa shape index (κ2) is 5.14. The lowest BCUT2D eigenvalue weighted by Gasteiger charge is -2.52. The van der Waals surface area contributed by atoms with Gasteiger partial charge in [0.25, 0.3) is 0 Å². The summed E-state index contributed by atoms with van der Waals surface area (Å²) in [5.41, 5.74) is -3.45. The molecule has 0 radical (unpaired) electrons. The minimum atomic E-state index is -1.42. The number of carbonyl (C=O) groups is 2. The first-order valence-electron chi connectivity index (χ1n) is 7.11. The van der Waals surface area contributed by atoms with E-state index in [9.17, 15) is 19.8 Å². The van der Waals surface area contributed by atoms with Crippen LogP contribution in [0.4, 0.5) is 4.79 Å². The van der Waals surface area contributed by atoms with E-state index in [-0.39, 0.29) is 19.8 Å². The summed E-state index contributed by atoms with van der Waals surface area (Å²) in [6, 6.07) is 0. The van der Waals surface area contributed by atoms with Crippen molar-refractivity contribution in [3.63, 3.8) is 0 Å². The van der Waals surface area contributed by atoms with Crippen molar-refractivity contribution in [2.24, 2.45) is 5.41 Å². The smallest absolute Gasteiger partial charge is 0.410 e. The number of piperidine rings is 1. The summed E-state index contributed by atoms with van der Waals surface area (Å²) in [5.74, 6) is -1.10. The van der Waals surface area contributed by atoms with Gasteiger partial charge in [-0.2, -0.15) is 0 Å². The van der Waals surface area contributed by atoms with Crippen LogP contribution in [0.1, 0.15) is 33.6 Å². The van der Waals surface area contributed by atoms with Crippen molar-refractivity contribution in [1.29, 1.82) is 0 Å². The van der Waals surface area contributed by atoms with Crippen LogP contribution in [-0.2, 0) is 14.3 Å². The van der Waals surface area contributed by atoms with E-state index in [1.807, 2.05) is 0 Å². The van der Waals surface area contributed by atoms with Crippen LogP contribution in [0.3, 0.4) is 0 Å². The van der Waals surface area contributed by atoms with Gasteiger partial charge in [-0.1, -0.05) is 0 Å². The van der Waals surface area contributed by atoms with Gasteiger partial charge >= 0.3 is 12.1 Å². The van der Waals surface area contributed by atoms with Crippen LogP contribution in [0.2, 0.25) is 0 Å². The summed E-state index contributed by atoms with van der Waals surface area (Å²) in [7, 11) is 0. The molecule has 1 unspecified atom stereocenters. The second-order valence-electron chi connectivity index (χ2n) is 6.92. The molecule has 0 aromatic carbocycles. The van der Waals surface area contributed by atoms with Crippen LogP contribution in [0.15, 0.2) is 0 Å². The van der Waals surface area contributed by atoms with Crippen LogP contribution >= 0.6 is 0 Å². The molecule has 0 aromatic rings. The Balaban J connectivity index is 2.18. The summed E-state index contributed by atoms with van der Waals surface area (Å²) < 4.78 is 10.3. The Bertz CT molecular complexity index is 439. The molecule has 0 aromatic heterocycles. The Morgan fingerprint density at radius 3 is 2.33 bits per heavy atom. The van der Waals surface area contributed by atoms with Gasteiger partial charge in [0.1, 0.15) is 16.6 Å². The quantitative estimate of drug-likeness (QED) is 0.785. The maximum absolute atomic E-state index is 12.2. The Morgan fingerprint density at radius 2 is 1.90 bits per heavy atom. The third-order valence-corrected chi connectivity index (χ3v) is 4.13. The minimum Gasteiger partial charge on any atom is -0.481 e. The van der Waals surface area contributed by atoms with E-state index in [2.05, 4.69) is 0 Å². The van der Waals surface area contributed by atoms with Crippen molar-refractivity contribution in [1.82, 2.24) is 4.90 Å². The number of likely N-dealkylation sites (tertiary alicyclic amines) is 1. The summed E-state index contributed by atoms with van der Waals surface area (Å²) in [6.45, 7) is 5.62. The van der Waals surface area contributed by atoms with Gasteiger partial charge in [0, 0.05) is 13.1 Å². The van der Waals surface area contributed by atoms with Crippen LogP contribution < -0.4 is 0 Å². The molecule has 2 aliphatic rings. The van der Waals surface area contributed by atoms with Crippen molar-refractivity contribution in [2.45, 2.75) is 44.8 Å². The first-order valence-corrected chi connectivity index (χ1v) is 7.11. The molecule has 120 valence electrons. The Hall–Kier alpha value is -1.34. The number of nitrogens with zero attached hydrogens (tertiary/aromatic N) is 1. The molecule has 0 saturated carbocycles. The number of amides is 1. The fourth-order valence-corrected chi connectivity index (χ4v) is 2.86. The lowest BCUT2D eigenvalue weighted by atomic mass is 9.65. The molecule has 0 aliphatic carbocycles. The van der Waals surface area contributed by atoms with Crippen LogP contribution in [0.5, 0.6) is 0 Å². The van der Waals surface area contributed by atoms with E-state index >= 15 is 0 Å². The van der Waals surface area contributed by atoms with Gasteiger partial charge in [-0.05, 0) is 33.6 Å². The molecule has 7 nitrogen and oxygen atoms in total. The molecule has 2 saturated heterocycles. The van der Waals surface area contributed by atoms with E-state index in [4.69, 9.17) is 9.47 Å². The zero-order valence-electron chi connectivity index (χ0n) is 12.7. The zero-order valence-corrected chi connectivity index (χ0v) is 12.7. The second-order valence-corrected chi connectivity index (χ2v) is 6.92. The highest BCUT2D eigenvalue weighted by Gasteiger charge is 2.62. The van der Waals surface area contributed by atoms with Gasteiger partial charge in [0.15, 0.2) is 0 Å². The van der Waals surface area contributed by atoms with Crippen LogP contribution in [-0.4, -0.2) is 64.7 Å². The lowest BCUT2D eigenvalue weighted by molar-refractivity contribution is -0.252. The molecule has 21 heavy (non-hydrogen) atoms. The van der Waals surface area contributed by atoms with Gasteiger partial charge in [-0.25, -0.2) is 4.79 Å². The molecule has 2 heterocycles. The highest BCUT2D eigenvalue weighted by Crippen LogP contribution is 2.44. The average molecular weight is 301 g/mol. The summed E-state index contributed by atoms with van der Waals surface area (Å²) >= 11 is 0. The third kappa shape index (κ3) is 2.85. The van der Waals surface area contributed by atoms with E-state index in [0.29, 0.717) is 19.4 Å². The van der Waals surface area contributed by atoms with E-state index < -0.39 is 28.7 Å². The summed E-state index contributed by atoms with van der Waals surface area (Å²) in [6.07, 6.45) is 0.284. The molecular weight excluding hydrogens is 278 g/mol. The zero-order chi connectivity index (χ0) is 15.9. The van der Waals surface area contributed by atoms with Crippen LogP contribution in [0, 0.1) is 5.41 Å². The van der Waals surface area contributed by atoms with Gasteiger partial charge < -0.3 is 24.6 Å². The largest absolute Gasteiger partial charge is 0.481 e. The highest BCUT2D eigenvalue weighted by atomic mass is 16.6. The van der Waals surface area contributed by atoms with E-state index in [0.717, 1.165) is 0 Å². The minimum absolute atomic E-state index is 0.0124. The standard InChI is InChI=1S/C14H23NO6/c1-12(2,3)21-11(18)15-6-4-5-13(7-15,10(16)17)14(19)8-20-9-14/h19H,4-9H2,1-3H3,(H,16,17). The number of hydrogen-bond donors (Lipinski definition) is 2. The number of hydrogen-bond acceptors (Lipinski definition) is 5. The molecule has 0 spiro atoms. The van der Waals surface area contributed by atoms with Crippen molar-refractivity contribution >= 4 is 12.1 Å². The fraction of sp³-hybridized carbons (Fsp3) is 0.857. The number of carboxylic acids is 1. The SMILES string of the molecule is CC(C)(C)OC(=O)N1CCCC(C(=O)O)(C2(O)COC2)C1. The number of aliphatic carboxylic acids is 1. The van der Waals surface area contributed by atoms with Crippen molar-refractivity contribution in [3.05, 3.63) is 0 Å². The van der Waals surface area contributed by atoms with Crippen LogP contribution in [0.25, 0.3) is 0 Å². The monoisotopic (exact) mass is 301 g/mol.